The number of rotatable bonds is 1. The second kappa shape index (κ2) is 6.77. The zero-order chi connectivity index (χ0) is 16.5. The fourth-order valence-electron chi connectivity index (χ4n) is 3.96. The van der Waals surface area contributed by atoms with Crippen molar-refractivity contribution in [3.05, 3.63) is 0 Å². The smallest absolute Gasteiger partial charge is 0.410 e. The first-order valence-electron chi connectivity index (χ1n) is 8.85. The number of piperidine rings is 1. The van der Waals surface area contributed by atoms with Crippen molar-refractivity contribution >= 4 is 6.09 Å². The van der Waals surface area contributed by atoms with Gasteiger partial charge in [0.05, 0.1) is 6.10 Å². The Bertz CT molecular complexity index is 390. The van der Waals surface area contributed by atoms with Crippen LogP contribution in [0.25, 0.3) is 0 Å². The molecule has 1 amide bonds. The number of nitrogens with zero attached hydrogens (tertiary/aromatic N) is 1. The third-order valence-corrected chi connectivity index (χ3v) is 5.15. The van der Waals surface area contributed by atoms with Gasteiger partial charge < -0.3 is 14.7 Å². The highest BCUT2D eigenvalue weighted by Crippen LogP contribution is 2.38. The normalized spacial score (nSPS) is 37.0. The molecule has 22 heavy (non-hydrogen) atoms. The summed E-state index contributed by atoms with van der Waals surface area (Å²) < 4.78 is 5.60. The van der Waals surface area contributed by atoms with Gasteiger partial charge in [-0.1, -0.05) is 13.8 Å². The third kappa shape index (κ3) is 4.37. The van der Waals surface area contributed by atoms with Gasteiger partial charge in [0.1, 0.15) is 5.60 Å². The van der Waals surface area contributed by atoms with Crippen molar-refractivity contribution in [2.75, 3.05) is 6.54 Å². The van der Waals surface area contributed by atoms with Gasteiger partial charge in [0.25, 0.3) is 0 Å². The standard InChI is InChI=1S/C18H33NO3/c1-12-6-7-16(20)14(10-12)15-11-13(2)8-9-19(15)17(21)22-18(3,4)5/h12-16,20H,6-11H2,1-5H3. The molecule has 0 aromatic heterocycles. The van der Waals surface area contributed by atoms with Gasteiger partial charge >= 0.3 is 6.09 Å². The monoisotopic (exact) mass is 311 g/mol. The van der Waals surface area contributed by atoms with Crippen LogP contribution in [0.2, 0.25) is 0 Å². The summed E-state index contributed by atoms with van der Waals surface area (Å²) in [5.41, 5.74) is -0.469. The van der Waals surface area contributed by atoms with E-state index in [4.69, 9.17) is 4.74 Å². The van der Waals surface area contributed by atoms with Crippen LogP contribution in [0, 0.1) is 17.8 Å². The fraction of sp³-hybridized carbons (Fsp3) is 0.944. The molecule has 0 aromatic rings. The molecule has 1 aliphatic carbocycles. The Hall–Kier alpha value is -0.770. The Morgan fingerprint density at radius 2 is 1.73 bits per heavy atom. The highest BCUT2D eigenvalue weighted by Gasteiger charge is 2.41. The van der Waals surface area contributed by atoms with Gasteiger partial charge in [0.2, 0.25) is 0 Å². The molecule has 0 aromatic carbocycles. The number of amides is 1. The minimum atomic E-state index is -0.469. The summed E-state index contributed by atoms with van der Waals surface area (Å²) in [4.78, 5) is 14.5. The molecule has 128 valence electrons. The highest BCUT2D eigenvalue weighted by atomic mass is 16.6. The van der Waals surface area contributed by atoms with Crippen molar-refractivity contribution in [2.24, 2.45) is 17.8 Å². The van der Waals surface area contributed by atoms with Crippen LogP contribution in [0.5, 0.6) is 0 Å². The van der Waals surface area contributed by atoms with Crippen LogP contribution >= 0.6 is 0 Å². The topological polar surface area (TPSA) is 49.8 Å². The predicted octanol–water partition coefficient (Wildman–Crippen LogP) is 3.82. The second-order valence-corrected chi connectivity index (χ2v) is 8.52. The molecule has 0 bridgehead atoms. The van der Waals surface area contributed by atoms with Crippen molar-refractivity contribution < 1.29 is 14.6 Å². The SMILES string of the molecule is CC1CCC(O)C(C2CC(C)CCN2C(=O)OC(C)(C)C)C1. The van der Waals surface area contributed by atoms with E-state index in [1.165, 1.54) is 0 Å². The molecule has 0 radical (unpaired) electrons. The minimum Gasteiger partial charge on any atom is -0.444 e. The quantitative estimate of drug-likeness (QED) is 0.801. The molecular formula is C18H33NO3. The van der Waals surface area contributed by atoms with E-state index in [2.05, 4.69) is 13.8 Å². The number of aliphatic hydroxyl groups is 1. The molecule has 2 rings (SSSR count). The average molecular weight is 311 g/mol. The van der Waals surface area contributed by atoms with Gasteiger partial charge in [0, 0.05) is 18.5 Å². The summed E-state index contributed by atoms with van der Waals surface area (Å²) >= 11 is 0. The fourth-order valence-corrected chi connectivity index (χ4v) is 3.96. The molecule has 2 aliphatic rings. The van der Waals surface area contributed by atoms with Gasteiger partial charge in [-0.3, -0.25) is 0 Å². The van der Waals surface area contributed by atoms with E-state index in [0.29, 0.717) is 11.8 Å². The lowest BCUT2D eigenvalue weighted by Crippen LogP contribution is -2.54. The number of carbonyl (C=O) groups is 1. The summed E-state index contributed by atoms with van der Waals surface area (Å²) in [5.74, 6) is 1.43. The first kappa shape index (κ1) is 17.6. The summed E-state index contributed by atoms with van der Waals surface area (Å²) in [6, 6.07) is 0.122. The van der Waals surface area contributed by atoms with Crippen LogP contribution in [0.3, 0.4) is 0 Å². The number of hydrogen-bond acceptors (Lipinski definition) is 3. The molecule has 4 nitrogen and oxygen atoms in total. The Balaban J connectivity index is 2.14. The largest absolute Gasteiger partial charge is 0.444 e. The van der Waals surface area contributed by atoms with Crippen molar-refractivity contribution in [1.82, 2.24) is 4.90 Å². The molecule has 5 unspecified atom stereocenters. The van der Waals surface area contributed by atoms with Gasteiger partial charge in [0.15, 0.2) is 0 Å². The molecule has 0 spiro atoms. The Kier molecular flexibility index (Phi) is 5.41. The molecule has 1 saturated carbocycles. The Labute approximate surface area is 135 Å². The van der Waals surface area contributed by atoms with E-state index in [9.17, 15) is 9.90 Å². The van der Waals surface area contributed by atoms with Crippen LogP contribution in [-0.4, -0.2) is 40.4 Å². The minimum absolute atomic E-state index is 0.122. The molecule has 5 atom stereocenters. The maximum absolute atomic E-state index is 12.6. The second-order valence-electron chi connectivity index (χ2n) is 8.52. The van der Waals surface area contributed by atoms with Gasteiger partial charge in [-0.05, 0) is 64.7 Å². The molecular weight excluding hydrogens is 278 g/mol. The number of carbonyl (C=O) groups excluding carboxylic acids is 1. The van der Waals surface area contributed by atoms with Crippen molar-refractivity contribution in [2.45, 2.75) is 84.5 Å². The van der Waals surface area contributed by atoms with Crippen molar-refractivity contribution in [3.63, 3.8) is 0 Å². The van der Waals surface area contributed by atoms with Crippen LogP contribution in [-0.2, 0) is 4.74 Å². The molecule has 1 heterocycles. The molecule has 1 saturated heterocycles. The van der Waals surface area contributed by atoms with E-state index >= 15 is 0 Å². The highest BCUT2D eigenvalue weighted by molar-refractivity contribution is 5.68. The third-order valence-electron chi connectivity index (χ3n) is 5.15. The van der Waals surface area contributed by atoms with E-state index in [0.717, 1.165) is 38.6 Å². The van der Waals surface area contributed by atoms with Crippen LogP contribution < -0.4 is 0 Å². The first-order valence-corrected chi connectivity index (χ1v) is 8.85. The zero-order valence-electron chi connectivity index (χ0n) is 14.8. The van der Waals surface area contributed by atoms with Gasteiger partial charge in [-0.25, -0.2) is 4.79 Å². The van der Waals surface area contributed by atoms with E-state index < -0.39 is 5.60 Å². The zero-order valence-corrected chi connectivity index (χ0v) is 14.8. The molecule has 1 aliphatic heterocycles. The summed E-state index contributed by atoms with van der Waals surface area (Å²) in [7, 11) is 0. The Morgan fingerprint density at radius 1 is 1.09 bits per heavy atom. The molecule has 2 fully saturated rings. The van der Waals surface area contributed by atoms with E-state index in [-0.39, 0.29) is 24.2 Å². The van der Waals surface area contributed by atoms with E-state index in [1.807, 2.05) is 25.7 Å². The van der Waals surface area contributed by atoms with Crippen LogP contribution in [0.1, 0.15) is 66.7 Å². The van der Waals surface area contributed by atoms with E-state index in [1.54, 1.807) is 0 Å². The van der Waals surface area contributed by atoms with Crippen LogP contribution in [0.15, 0.2) is 0 Å². The summed E-state index contributed by atoms with van der Waals surface area (Å²) in [6.07, 6.45) is 4.47. The summed E-state index contributed by atoms with van der Waals surface area (Å²) in [6.45, 7) is 11.0. The average Bonchev–Trinajstić information content (AvgIpc) is 2.39. The molecule has 4 heteroatoms. The maximum Gasteiger partial charge on any atom is 0.410 e. The number of aliphatic hydroxyl groups excluding tert-OH is 1. The first-order chi connectivity index (χ1) is 10.2. The lowest BCUT2D eigenvalue weighted by molar-refractivity contribution is -0.0400. The molecule has 1 N–H and O–H groups in total. The van der Waals surface area contributed by atoms with Crippen molar-refractivity contribution in [3.8, 4) is 0 Å². The lowest BCUT2D eigenvalue weighted by atomic mass is 9.73. The van der Waals surface area contributed by atoms with Crippen LogP contribution in [0.4, 0.5) is 4.79 Å². The Morgan fingerprint density at radius 3 is 2.36 bits per heavy atom. The predicted molar refractivity (Wildman–Crippen MR) is 87.6 cm³/mol. The maximum atomic E-state index is 12.6. The number of hydrogen-bond donors (Lipinski definition) is 1. The summed E-state index contributed by atoms with van der Waals surface area (Å²) in [5, 5.41) is 10.5. The van der Waals surface area contributed by atoms with Gasteiger partial charge in [-0.15, -0.1) is 0 Å². The van der Waals surface area contributed by atoms with Crippen molar-refractivity contribution in [1.29, 1.82) is 0 Å². The number of ether oxygens (including phenoxy) is 1. The number of likely N-dealkylation sites (tertiary alicyclic amines) is 1. The lowest BCUT2D eigenvalue weighted by Gasteiger charge is -2.46. The van der Waals surface area contributed by atoms with Gasteiger partial charge in [-0.2, -0.15) is 0 Å².